The molecule has 2 aromatic rings. The Kier molecular flexibility index (Phi) is 3.80. The number of benzene rings is 1. The summed E-state index contributed by atoms with van der Waals surface area (Å²) in [4.78, 5) is 12.3. The molecule has 0 bridgehead atoms. The van der Waals surface area contributed by atoms with Crippen LogP contribution in [0.4, 0.5) is 0 Å². The predicted molar refractivity (Wildman–Crippen MR) is 76.7 cm³/mol. The fourth-order valence-electron chi connectivity index (χ4n) is 2.63. The number of aryl methyl sites for hydroxylation is 1. The molecule has 0 spiro atoms. The summed E-state index contributed by atoms with van der Waals surface area (Å²) in [6.45, 7) is 4.74. The van der Waals surface area contributed by atoms with Gasteiger partial charge < -0.3 is 10.1 Å². The van der Waals surface area contributed by atoms with E-state index in [1.165, 1.54) is 0 Å². The SMILES string of the molecule is CCn1nc(CC(=O)C2COCCN2)c2ccccc21. The van der Waals surface area contributed by atoms with Gasteiger partial charge >= 0.3 is 0 Å². The molecule has 1 saturated heterocycles. The molecule has 1 aromatic carbocycles. The van der Waals surface area contributed by atoms with Crippen LogP contribution in [0, 0.1) is 0 Å². The molecule has 0 aliphatic carbocycles. The zero-order valence-electron chi connectivity index (χ0n) is 11.6. The number of morpholine rings is 1. The Balaban J connectivity index is 1.85. The number of para-hydroxylation sites is 1. The van der Waals surface area contributed by atoms with Crippen LogP contribution >= 0.6 is 0 Å². The number of fused-ring (bicyclic) bond motifs is 1. The smallest absolute Gasteiger partial charge is 0.158 e. The topological polar surface area (TPSA) is 56.2 Å². The van der Waals surface area contributed by atoms with Crippen molar-refractivity contribution in [3.8, 4) is 0 Å². The normalized spacial score (nSPS) is 19.4. The molecule has 0 radical (unpaired) electrons. The van der Waals surface area contributed by atoms with E-state index in [0.29, 0.717) is 19.6 Å². The van der Waals surface area contributed by atoms with Gasteiger partial charge in [0.05, 0.1) is 36.9 Å². The van der Waals surface area contributed by atoms with Crippen LogP contribution in [0.25, 0.3) is 10.9 Å². The summed E-state index contributed by atoms with van der Waals surface area (Å²) in [5, 5.41) is 8.84. The molecular formula is C15H19N3O2. The average molecular weight is 273 g/mol. The molecule has 1 aliphatic rings. The van der Waals surface area contributed by atoms with Crippen molar-refractivity contribution in [1.82, 2.24) is 15.1 Å². The van der Waals surface area contributed by atoms with E-state index in [9.17, 15) is 4.79 Å². The van der Waals surface area contributed by atoms with E-state index in [4.69, 9.17) is 4.74 Å². The molecule has 1 fully saturated rings. The second-order valence-corrected chi connectivity index (χ2v) is 5.00. The molecule has 1 unspecified atom stereocenters. The Morgan fingerprint density at radius 2 is 2.35 bits per heavy atom. The highest BCUT2D eigenvalue weighted by Crippen LogP contribution is 2.19. The number of carbonyl (C=O) groups excluding carboxylic acids is 1. The third-order valence-electron chi connectivity index (χ3n) is 3.69. The molecule has 1 aliphatic heterocycles. The first-order valence-corrected chi connectivity index (χ1v) is 7.08. The highest BCUT2D eigenvalue weighted by Gasteiger charge is 2.23. The highest BCUT2D eigenvalue weighted by atomic mass is 16.5. The summed E-state index contributed by atoms with van der Waals surface area (Å²) >= 11 is 0. The summed E-state index contributed by atoms with van der Waals surface area (Å²) in [5.41, 5.74) is 1.95. The fourth-order valence-corrected chi connectivity index (χ4v) is 2.63. The monoisotopic (exact) mass is 273 g/mol. The lowest BCUT2D eigenvalue weighted by molar-refractivity contribution is -0.123. The number of Topliss-reactive ketones (excluding diaryl/α,β-unsaturated/α-hetero) is 1. The van der Waals surface area contributed by atoms with Gasteiger partial charge in [0.25, 0.3) is 0 Å². The summed E-state index contributed by atoms with van der Waals surface area (Å²) in [6.07, 6.45) is 0.356. The van der Waals surface area contributed by atoms with Crippen LogP contribution in [-0.2, 0) is 22.5 Å². The molecule has 2 heterocycles. The van der Waals surface area contributed by atoms with Crippen LogP contribution < -0.4 is 5.32 Å². The Morgan fingerprint density at radius 1 is 1.50 bits per heavy atom. The van der Waals surface area contributed by atoms with Gasteiger partial charge in [0, 0.05) is 18.5 Å². The Bertz CT molecular complexity index is 615. The van der Waals surface area contributed by atoms with Gasteiger partial charge in [0.15, 0.2) is 5.78 Å². The zero-order chi connectivity index (χ0) is 13.9. The average Bonchev–Trinajstić information content (AvgIpc) is 2.86. The second-order valence-electron chi connectivity index (χ2n) is 5.00. The number of aromatic nitrogens is 2. The van der Waals surface area contributed by atoms with Crippen LogP contribution in [0.1, 0.15) is 12.6 Å². The van der Waals surface area contributed by atoms with Crippen LogP contribution in [0.5, 0.6) is 0 Å². The number of nitrogens with one attached hydrogen (secondary N) is 1. The second kappa shape index (κ2) is 5.73. The van der Waals surface area contributed by atoms with Crippen molar-refractivity contribution in [3.05, 3.63) is 30.0 Å². The molecule has 106 valence electrons. The van der Waals surface area contributed by atoms with Gasteiger partial charge in [0.2, 0.25) is 0 Å². The number of carbonyl (C=O) groups is 1. The van der Waals surface area contributed by atoms with Crippen molar-refractivity contribution in [2.75, 3.05) is 19.8 Å². The van der Waals surface area contributed by atoms with Crippen molar-refractivity contribution >= 4 is 16.7 Å². The number of rotatable bonds is 4. The van der Waals surface area contributed by atoms with Gasteiger partial charge in [-0.15, -0.1) is 0 Å². The van der Waals surface area contributed by atoms with E-state index >= 15 is 0 Å². The molecular weight excluding hydrogens is 254 g/mol. The molecule has 3 rings (SSSR count). The maximum absolute atomic E-state index is 12.3. The molecule has 1 atom stereocenters. The first kappa shape index (κ1) is 13.3. The highest BCUT2D eigenvalue weighted by molar-refractivity contribution is 5.91. The lowest BCUT2D eigenvalue weighted by atomic mass is 10.1. The number of ketones is 1. The molecule has 20 heavy (non-hydrogen) atoms. The van der Waals surface area contributed by atoms with Gasteiger partial charge in [-0.2, -0.15) is 5.10 Å². The molecule has 5 nitrogen and oxygen atoms in total. The maximum atomic E-state index is 12.3. The van der Waals surface area contributed by atoms with Crippen molar-refractivity contribution < 1.29 is 9.53 Å². The Morgan fingerprint density at radius 3 is 3.10 bits per heavy atom. The van der Waals surface area contributed by atoms with E-state index in [2.05, 4.69) is 17.3 Å². The number of ether oxygens (including phenoxy) is 1. The van der Waals surface area contributed by atoms with E-state index in [1.807, 2.05) is 28.9 Å². The van der Waals surface area contributed by atoms with Gasteiger partial charge in [-0.1, -0.05) is 18.2 Å². The van der Waals surface area contributed by atoms with Crippen molar-refractivity contribution in [2.45, 2.75) is 25.9 Å². The van der Waals surface area contributed by atoms with E-state index in [0.717, 1.165) is 29.7 Å². The standard InChI is InChI=1S/C15H19N3O2/c1-2-18-14-6-4-3-5-11(14)12(17-18)9-15(19)13-10-20-8-7-16-13/h3-6,13,16H,2,7-10H2,1H3. The first-order valence-electron chi connectivity index (χ1n) is 7.08. The summed E-state index contributed by atoms with van der Waals surface area (Å²) in [7, 11) is 0. The van der Waals surface area contributed by atoms with Crippen molar-refractivity contribution in [2.24, 2.45) is 0 Å². The minimum Gasteiger partial charge on any atom is -0.378 e. The quantitative estimate of drug-likeness (QED) is 0.908. The maximum Gasteiger partial charge on any atom is 0.158 e. The van der Waals surface area contributed by atoms with Crippen molar-refractivity contribution in [1.29, 1.82) is 0 Å². The fraction of sp³-hybridized carbons (Fsp3) is 0.467. The first-order chi connectivity index (χ1) is 9.79. The molecule has 5 heteroatoms. The minimum atomic E-state index is -0.200. The van der Waals surface area contributed by atoms with Crippen LogP contribution in [0.3, 0.4) is 0 Å². The summed E-state index contributed by atoms with van der Waals surface area (Å²) < 4.78 is 7.29. The van der Waals surface area contributed by atoms with E-state index < -0.39 is 0 Å². The van der Waals surface area contributed by atoms with Gasteiger partial charge in [-0.05, 0) is 13.0 Å². The number of nitrogens with zero attached hydrogens (tertiary/aromatic N) is 2. The minimum absolute atomic E-state index is 0.149. The third kappa shape index (κ3) is 2.46. The van der Waals surface area contributed by atoms with Crippen LogP contribution in [0.2, 0.25) is 0 Å². The van der Waals surface area contributed by atoms with E-state index in [1.54, 1.807) is 0 Å². The molecule has 0 amide bonds. The molecule has 0 saturated carbocycles. The Labute approximate surface area is 117 Å². The zero-order valence-corrected chi connectivity index (χ0v) is 11.6. The molecule has 1 aromatic heterocycles. The third-order valence-corrected chi connectivity index (χ3v) is 3.69. The number of hydrogen-bond acceptors (Lipinski definition) is 4. The van der Waals surface area contributed by atoms with Crippen LogP contribution in [-0.4, -0.2) is 41.4 Å². The lowest BCUT2D eigenvalue weighted by Gasteiger charge is -2.22. The van der Waals surface area contributed by atoms with Gasteiger partial charge in [0.1, 0.15) is 0 Å². The largest absolute Gasteiger partial charge is 0.378 e. The number of hydrogen-bond donors (Lipinski definition) is 1. The lowest BCUT2D eigenvalue weighted by Crippen LogP contribution is -2.47. The predicted octanol–water partition coefficient (Wildman–Crippen LogP) is 1.16. The van der Waals surface area contributed by atoms with Gasteiger partial charge in [-0.3, -0.25) is 9.48 Å². The van der Waals surface area contributed by atoms with Crippen molar-refractivity contribution in [3.63, 3.8) is 0 Å². The molecule has 1 N–H and O–H groups in total. The Hall–Kier alpha value is -1.72. The summed E-state index contributed by atoms with van der Waals surface area (Å²) in [6, 6.07) is 7.86. The van der Waals surface area contributed by atoms with E-state index in [-0.39, 0.29) is 11.8 Å². The van der Waals surface area contributed by atoms with Crippen LogP contribution in [0.15, 0.2) is 24.3 Å². The summed E-state index contributed by atoms with van der Waals surface area (Å²) in [5.74, 6) is 0.149. The van der Waals surface area contributed by atoms with Gasteiger partial charge in [-0.25, -0.2) is 0 Å².